The lowest BCUT2D eigenvalue weighted by Gasteiger charge is -2.15. The van der Waals surface area contributed by atoms with Gasteiger partial charge in [0, 0.05) is 11.1 Å². The number of carbonyl (C=O) groups is 1. The van der Waals surface area contributed by atoms with Gasteiger partial charge in [-0.1, -0.05) is 29.8 Å². The molecule has 2 aromatic rings. The molecule has 0 aromatic heterocycles. The molecule has 6 heteroatoms. The Hall–Kier alpha value is -2.24. The topological polar surface area (TPSA) is 59.6 Å². The van der Waals surface area contributed by atoms with Crippen molar-refractivity contribution in [1.29, 1.82) is 0 Å². The highest BCUT2D eigenvalue weighted by Gasteiger charge is 2.10. The van der Waals surface area contributed by atoms with Crippen LogP contribution in [-0.2, 0) is 4.79 Å². The summed E-state index contributed by atoms with van der Waals surface area (Å²) in [7, 11) is 0. The van der Waals surface area contributed by atoms with Crippen molar-refractivity contribution in [2.24, 2.45) is 0 Å². The van der Waals surface area contributed by atoms with Gasteiger partial charge in [-0.15, -0.1) is 0 Å². The second-order valence-electron chi connectivity index (χ2n) is 5.73. The number of ether oxygens (including phenoxy) is 2. The third kappa shape index (κ3) is 6.58. The second-order valence-corrected chi connectivity index (χ2v) is 6.13. The average Bonchev–Trinajstić information content (AvgIpc) is 2.65. The van der Waals surface area contributed by atoms with E-state index in [1.165, 1.54) is 0 Å². The van der Waals surface area contributed by atoms with Crippen LogP contribution in [-0.4, -0.2) is 32.2 Å². The van der Waals surface area contributed by atoms with E-state index >= 15 is 0 Å². The van der Waals surface area contributed by atoms with Crippen molar-refractivity contribution in [1.82, 2.24) is 10.6 Å². The van der Waals surface area contributed by atoms with E-state index in [1.807, 2.05) is 62.4 Å². The summed E-state index contributed by atoms with van der Waals surface area (Å²) in [5, 5.41) is 6.68. The van der Waals surface area contributed by atoms with Crippen LogP contribution in [0.25, 0.3) is 0 Å². The van der Waals surface area contributed by atoms with Crippen LogP contribution >= 0.6 is 11.6 Å². The number of hydrogen-bond donors (Lipinski definition) is 2. The van der Waals surface area contributed by atoms with Gasteiger partial charge >= 0.3 is 0 Å². The number of halogens is 1. The van der Waals surface area contributed by atoms with Crippen molar-refractivity contribution < 1.29 is 14.3 Å². The lowest BCUT2D eigenvalue weighted by atomic mass is 10.1. The molecule has 0 bridgehead atoms. The van der Waals surface area contributed by atoms with Crippen LogP contribution in [0, 0.1) is 0 Å². The van der Waals surface area contributed by atoms with Gasteiger partial charge in [0.05, 0.1) is 19.7 Å². The van der Waals surface area contributed by atoms with Crippen molar-refractivity contribution in [2.75, 3.05) is 26.3 Å². The monoisotopic (exact) mass is 376 g/mol. The molecule has 0 aliphatic heterocycles. The molecule has 0 aliphatic carbocycles. The van der Waals surface area contributed by atoms with Crippen LogP contribution in [0.3, 0.4) is 0 Å². The normalized spacial score (nSPS) is 11.7. The van der Waals surface area contributed by atoms with Crippen LogP contribution in [0.5, 0.6) is 11.5 Å². The number of amides is 1. The first-order chi connectivity index (χ1) is 12.6. The molecule has 0 saturated heterocycles. The molecule has 2 rings (SSSR count). The fourth-order valence-electron chi connectivity index (χ4n) is 2.40. The zero-order valence-corrected chi connectivity index (χ0v) is 15.9. The van der Waals surface area contributed by atoms with Crippen molar-refractivity contribution >= 4 is 17.5 Å². The number of rotatable bonds is 10. The first-order valence-corrected chi connectivity index (χ1v) is 9.08. The molecular formula is C20H25ClN2O3. The van der Waals surface area contributed by atoms with E-state index in [1.54, 1.807) is 0 Å². The third-order valence-corrected chi connectivity index (χ3v) is 4.11. The maximum atomic E-state index is 11.9. The number of hydrogen-bond acceptors (Lipinski definition) is 4. The van der Waals surface area contributed by atoms with Crippen LogP contribution in [0.1, 0.15) is 25.5 Å². The van der Waals surface area contributed by atoms with Gasteiger partial charge < -0.3 is 20.1 Å². The lowest BCUT2D eigenvalue weighted by molar-refractivity contribution is -0.120. The summed E-state index contributed by atoms with van der Waals surface area (Å²) < 4.78 is 11.0. The zero-order valence-electron chi connectivity index (χ0n) is 15.1. The summed E-state index contributed by atoms with van der Waals surface area (Å²) in [6.07, 6.45) is 0. The Morgan fingerprint density at radius 3 is 2.38 bits per heavy atom. The van der Waals surface area contributed by atoms with Gasteiger partial charge in [0.25, 0.3) is 0 Å². The Morgan fingerprint density at radius 1 is 1.08 bits per heavy atom. The first-order valence-electron chi connectivity index (χ1n) is 8.70. The summed E-state index contributed by atoms with van der Waals surface area (Å²) in [5.41, 5.74) is 0.973. The average molecular weight is 377 g/mol. The summed E-state index contributed by atoms with van der Waals surface area (Å²) in [4.78, 5) is 11.9. The SMILES string of the molecule is CCOc1ccc(OCCNC(=O)CNC(C)c2ccccc2Cl)cc1. The van der Waals surface area contributed by atoms with E-state index in [0.717, 1.165) is 17.1 Å². The fraction of sp³-hybridized carbons (Fsp3) is 0.350. The van der Waals surface area contributed by atoms with E-state index in [-0.39, 0.29) is 18.5 Å². The number of nitrogens with one attached hydrogen (secondary N) is 2. The minimum atomic E-state index is -0.0841. The van der Waals surface area contributed by atoms with Crippen molar-refractivity contribution in [3.63, 3.8) is 0 Å². The van der Waals surface area contributed by atoms with Crippen molar-refractivity contribution in [3.05, 3.63) is 59.1 Å². The highest BCUT2D eigenvalue weighted by molar-refractivity contribution is 6.31. The molecule has 0 aliphatic rings. The standard InChI is InChI=1S/C20H25ClN2O3/c1-3-25-16-8-10-17(11-9-16)26-13-12-22-20(24)14-23-15(2)18-6-4-5-7-19(18)21/h4-11,15,23H,3,12-14H2,1-2H3,(H,22,24). The van der Waals surface area contributed by atoms with E-state index in [4.69, 9.17) is 21.1 Å². The molecular weight excluding hydrogens is 352 g/mol. The maximum absolute atomic E-state index is 11.9. The Morgan fingerprint density at radius 2 is 1.73 bits per heavy atom. The number of carbonyl (C=O) groups excluding carboxylic acids is 1. The third-order valence-electron chi connectivity index (χ3n) is 3.77. The van der Waals surface area contributed by atoms with Gasteiger partial charge in [-0.05, 0) is 49.7 Å². The summed E-state index contributed by atoms with van der Waals surface area (Å²) in [6.45, 7) is 5.61. The molecule has 5 nitrogen and oxygen atoms in total. The van der Waals surface area contributed by atoms with Crippen molar-refractivity contribution in [2.45, 2.75) is 19.9 Å². The van der Waals surface area contributed by atoms with Gasteiger partial charge in [0.15, 0.2) is 0 Å². The smallest absolute Gasteiger partial charge is 0.234 e. The second kappa shape index (κ2) is 10.7. The highest BCUT2D eigenvalue weighted by atomic mass is 35.5. The minimum Gasteiger partial charge on any atom is -0.494 e. The van der Waals surface area contributed by atoms with E-state index < -0.39 is 0 Å². The van der Waals surface area contributed by atoms with E-state index in [0.29, 0.717) is 24.8 Å². The van der Waals surface area contributed by atoms with Gasteiger partial charge in [0.1, 0.15) is 18.1 Å². The van der Waals surface area contributed by atoms with E-state index in [9.17, 15) is 4.79 Å². The van der Waals surface area contributed by atoms with Crippen LogP contribution in [0.2, 0.25) is 5.02 Å². The Bertz CT molecular complexity index is 692. The van der Waals surface area contributed by atoms with E-state index in [2.05, 4.69) is 10.6 Å². The molecule has 1 atom stereocenters. The molecule has 0 spiro atoms. The maximum Gasteiger partial charge on any atom is 0.234 e. The molecule has 2 N–H and O–H groups in total. The predicted molar refractivity (Wildman–Crippen MR) is 104 cm³/mol. The lowest BCUT2D eigenvalue weighted by Crippen LogP contribution is -2.37. The predicted octanol–water partition coefficient (Wildman–Crippen LogP) is 3.58. The van der Waals surface area contributed by atoms with Gasteiger partial charge in [-0.3, -0.25) is 4.79 Å². The summed E-state index contributed by atoms with van der Waals surface area (Å²) >= 11 is 6.16. The van der Waals surface area contributed by atoms with Gasteiger partial charge in [-0.25, -0.2) is 0 Å². The summed E-state index contributed by atoms with van der Waals surface area (Å²) in [5.74, 6) is 1.47. The molecule has 0 fully saturated rings. The van der Waals surface area contributed by atoms with Crippen molar-refractivity contribution in [3.8, 4) is 11.5 Å². The van der Waals surface area contributed by atoms with Gasteiger partial charge in [0.2, 0.25) is 5.91 Å². The molecule has 0 radical (unpaired) electrons. The Labute approximate surface area is 159 Å². The Balaban J connectivity index is 1.63. The molecule has 1 amide bonds. The molecule has 140 valence electrons. The first kappa shape index (κ1) is 20.1. The van der Waals surface area contributed by atoms with Crippen LogP contribution in [0.4, 0.5) is 0 Å². The molecule has 0 saturated carbocycles. The minimum absolute atomic E-state index is 0.00504. The molecule has 26 heavy (non-hydrogen) atoms. The van der Waals surface area contributed by atoms with Crippen LogP contribution in [0.15, 0.2) is 48.5 Å². The number of benzene rings is 2. The highest BCUT2D eigenvalue weighted by Crippen LogP contribution is 2.21. The van der Waals surface area contributed by atoms with Gasteiger partial charge in [-0.2, -0.15) is 0 Å². The largest absolute Gasteiger partial charge is 0.494 e. The fourth-order valence-corrected chi connectivity index (χ4v) is 2.70. The molecule has 1 unspecified atom stereocenters. The zero-order chi connectivity index (χ0) is 18.8. The van der Waals surface area contributed by atoms with Crippen LogP contribution < -0.4 is 20.1 Å². The summed E-state index contributed by atoms with van der Waals surface area (Å²) in [6, 6.07) is 15.0. The molecule has 0 heterocycles. The quantitative estimate of drug-likeness (QED) is 0.622. The Kier molecular flexibility index (Phi) is 8.25. The molecule has 2 aromatic carbocycles.